The van der Waals surface area contributed by atoms with Crippen LogP contribution < -0.4 is 10.5 Å². The average molecular weight is 432 g/mol. The highest BCUT2D eigenvalue weighted by Gasteiger charge is 2.27. The van der Waals surface area contributed by atoms with E-state index in [0.29, 0.717) is 39.0 Å². The van der Waals surface area contributed by atoms with Gasteiger partial charge in [0, 0.05) is 32.6 Å². The average Bonchev–Trinajstić information content (AvgIpc) is 2.77. The SMILES string of the molecule is COc1ccc(CCC(=O)N2CCN(C(=O)C(N)c3ccc(C)cc3)CC2)cc1.Cl. The maximum Gasteiger partial charge on any atom is 0.244 e. The van der Waals surface area contributed by atoms with E-state index in [2.05, 4.69) is 0 Å². The Morgan fingerprint density at radius 1 is 0.967 bits per heavy atom. The molecule has 1 aliphatic rings. The summed E-state index contributed by atoms with van der Waals surface area (Å²) in [5.41, 5.74) is 9.23. The van der Waals surface area contributed by atoms with Crippen LogP contribution in [0.5, 0.6) is 5.75 Å². The minimum absolute atomic E-state index is 0. The van der Waals surface area contributed by atoms with Gasteiger partial charge in [-0.3, -0.25) is 9.59 Å². The molecule has 30 heavy (non-hydrogen) atoms. The van der Waals surface area contributed by atoms with Crippen LogP contribution in [0.3, 0.4) is 0 Å². The molecule has 3 rings (SSSR count). The molecule has 1 saturated heterocycles. The molecule has 0 saturated carbocycles. The van der Waals surface area contributed by atoms with Crippen molar-refractivity contribution in [1.82, 2.24) is 9.80 Å². The zero-order chi connectivity index (χ0) is 20.8. The molecule has 1 fully saturated rings. The number of halogens is 1. The van der Waals surface area contributed by atoms with E-state index in [1.54, 1.807) is 12.0 Å². The number of ether oxygens (including phenoxy) is 1. The second-order valence-corrected chi connectivity index (χ2v) is 7.44. The molecule has 0 aliphatic carbocycles. The van der Waals surface area contributed by atoms with E-state index in [-0.39, 0.29) is 24.2 Å². The summed E-state index contributed by atoms with van der Waals surface area (Å²) in [6.07, 6.45) is 1.16. The quantitative estimate of drug-likeness (QED) is 0.763. The fourth-order valence-corrected chi connectivity index (χ4v) is 3.49. The standard InChI is InChI=1S/C23H29N3O3.ClH/c1-17-3-8-19(9-4-17)22(24)23(28)26-15-13-25(14-16-26)21(27)12-7-18-5-10-20(29-2)11-6-18;/h3-6,8-11,22H,7,12-16,24H2,1-2H3;1H. The van der Waals surface area contributed by atoms with Crippen molar-refractivity contribution in [1.29, 1.82) is 0 Å². The van der Waals surface area contributed by atoms with Crippen molar-refractivity contribution in [2.45, 2.75) is 25.8 Å². The number of nitrogens with two attached hydrogens (primary N) is 1. The van der Waals surface area contributed by atoms with Crippen LogP contribution in [0.2, 0.25) is 0 Å². The highest BCUT2D eigenvalue weighted by molar-refractivity contribution is 5.85. The van der Waals surface area contributed by atoms with Gasteiger partial charge in [0.05, 0.1) is 7.11 Å². The van der Waals surface area contributed by atoms with E-state index >= 15 is 0 Å². The number of hydrogen-bond donors (Lipinski definition) is 1. The van der Waals surface area contributed by atoms with Gasteiger partial charge in [-0.25, -0.2) is 0 Å². The Kier molecular flexibility index (Phi) is 8.69. The van der Waals surface area contributed by atoms with Gasteiger partial charge in [-0.05, 0) is 36.6 Å². The third-order valence-electron chi connectivity index (χ3n) is 5.43. The Bertz CT molecular complexity index is 832. The molecule has 162 valence electrons. The molecule has 0 radical (unpaired) electrons. The predicted octanol–water partition coefficient (Wildman–Crippen LogP) is 2.73. The van der Waals surface area contributed by atoms with Gasteiger partial charge in [0.1, 0.15) is 11.8 Å². The van der Waals surface area contributed by atoms with Crippen LogP contribution >= 0.6 is 12.4 Å². The van der Waals surface area contributed by atoms with E-state index in [0.717, 1.165) is 22.4 Å². The molecule has 2 amide bonds. The van der Waals surface area contributed by atoms with E-state index in [9.17, 15) is 9.59 Å². The Balaban J connectivity index is 0.00000320. The Hall–Kier alpha value is -2.57. The summed E-state index contributed by atoms with van der Waals surface area (Å²) >= 11 is 0. The highest BCUT2D eigenvalue weighted by atomic mass is 35.5. The van der Waals surface area contributed by atoms with Gasteiger partial charge in [-0.15, -0.1) is 12.4 Å². The summed E-state index contributed by atoms with van der Waals surface area (Å²) in [5, 5.41) is 0. The summed E-state index contributed by atoms with van der Waals surface area (Å²) in [5.74, 6) is 0.847. The highest BCUT2D eigenvalue weighted by Crippen LogP contribution is 2.17. The Morgan fingerprint density at radius 2 is 1.53 bits per heavy atom. The van der Waals surface area contributed by atoms with Crippen molar-refractivity contribution in [2.75, 3.05) is 33.3 Å². The van der Waals surface area contributed by atoms with Crippen molar-refractivity contribution in [3.05, 3.63) is 65.2 Å². The molecular weight excluding hydrogens is 402 g/mol. The summed E-state index contributed by atoms with van der Waals surface area (Å²) in [7, 11) is 1.64. The summed E-state index contributed by atoms with van der Waals surface area (Å²) in [6, 6.07) is 14.8. The monoisotopic (exact) mass is 431 g/mol. The zero-order valence-electron chi connectivity index (χ0n) is 17.5. The number of hydrogen-bond acceptors (Lipinski definition) is 4. The molecule has 0 spiro atoms. The smallest absolute Gasteiger partial charge is 0.244 e. The van der Waals surface area contributed by atoms with Gasteiger partial charge in [0.15, 0.2) is 0 Å². The molecule has 7 heteroatoms. The lowest BCUT2D eigenvalue weighted by Gasteiger charge is -2.36. The molecule has 2 aromatic carbocycles. The normalized spacial score (nSPS) is 14.6. The maximum absolute atomic E-state index is 12.7. The third-order valence-corrected chi connectivity index (χ3v) is 5.43. The van der Waals surface area contributed by atoms with Crippen molar-refractivity contribution in [2.24, 2.45) is 5.73 Å². The molecular formula is C23H30ClN3O3. The lowest BCUT2D eigenvalue weighted by Crippen LogP contribution is -2.52. The van der Waals surface area contributed by atoms with E-state index in [4.69, 9.17) is 10.5 Å². The molecule has 0 aromatic heterocycles. The zero-order valence-corrected chi connectivity index (χ0v) is 18.4. The number of benzene rings is 2. The van der Waals surface area contributed by atoms with E-state index < -0.39 is 6.04 Å². The lowest BCUT2D eigenvalue weighted by atomic mass is 10.0. The number of carbonyl (C=O) groups excluding carboxylic acids is 2. The van der Waals surface area contributed by atoms with Crippen molar-refractivity contribution < 1.29 is 14.3 Å². The van der Waals surface area contributed by atoms with E-state index in [1.807, 2.05) is 60.4 Å². The third kappa shape index (κ3) is 5.97. The molecule has 0 bridgehead atoms. The second-order valence-electron chi connectivity index (χ2n) is 7.44. The first-order chi connectivity index (χ1) is 14.0. The summed E-state index contributed by atoms with van der Waals surface area (Å²) in [6.45, 7) is 4.14. The van der Waals surface area contributed by atoms with Gasteiger partial charge >= 0.3 is 0 Å². The second kappa shape index (κ2) is 11.0. The largest absolute Gasteiger partial charge is 0.497 e. The molecule has 6 nitrogen and oxygen atoms in total. The number of piperazine rings is 1. The maximum atomic E-state index is 12.7. The fraction of sp³-hybridized carbons (Fsp3) is 0.391. The topological polar surface area (TPSA) is 75.9 Å². The van der Waals surface area contributed by atoms with Crippen LogP contribution in [0.15, 0.2) is 48.5 Å². The van der Waals surface area contributed by atoms with Gasteiger partial charge in [-0.2, -0.15) is 0 Å². The first-order valence-electron chi connectivity index (χ1n) is 9.99. The van der Waals surface area contributed by atoms with Crippen LogP contribution in [0.1, 0.15) is 29.2 Å². The fourth-order valence-electron chi connectivity index (χ4n) is 3.49. The summed E-state index contributed by atoms with van der Waals surface area (Å²) < 4.78 is 5.15. The lowest BCUT2D eigenvalue weighted by molar-refractivity contribution is -0.140. The number of amides is 2. The van der Waals surface area contributed by atoms with Gasteiger partial charge < -0.3 is 20.3 Å². The number of carbonyl (C=O) groups is 2. The molecule has 1 heterocycles. The predicted molar refractivity (Wildman–Crippen MR) is 120 cm³/mol. The van der Waals surface area contributed by atoms with Crippen LogP contribution in [-0.4, -0.2) is 54.9 Å². The van der Waals surface area contributed by atoms with Gasteiger partial charge in [0.2, 0.25) is 11.8 Å². The van der Waals surface area contributed by atoms with Gasteiger partial charge in [0.25, 0.3) is 0 Å². The van der Waals surface area contributed by atoms with Crippen LogP contribution in [0.4, 0.5) is 0 Å². The Morgan fingerprint density at radius 3 is 2.10 bits per heavy atom. The van der Waals surface area contributed by atoms with Crippen molar-refractivity contribution in [3.63, 3.8) is 0 Å². The minimum atomic E-state index is -0.659. The number of aryl methyl sites for hydroxylation is 2. The minimum Gasteiger partial charge on any atom is -0.497 e. The first-order valence-corrected chi connectivity index (χ1v) is 9.99. The van der Waals surface area contributed by atoms with Gasteiger partial charge in [-0.1, -0.05) is 42.0 Å². The van der Waals surface area contributed by atoms with Crippen LogP contribution in [-0.2, 0) is 16.0 Å². The van der Waals surface area contributed by atoms with Crippen LogP contribution in [0.25, 0.3) is 0 Å². The Labute approximate surface area is 184 Å². The molecule has 1 atom stereocenters. The number of nitrogens with zero attached hydrogens (tertiary/aromatic N) is 2. The van der Waals surface area contributed by atoms with Crippen LogP contribution in [0, 0.1) is 6.92 Å². The van der Waals surface area contributed by atoms with Crippen molar-refractivity contribution in [3.8, 4) is 5.75 Å². The molecule has 1 unspecified atom stereocenters. The summed E-state index contributed by atoms with van der Waals surface area (Å²) in [4.78, 5) is 28.8. The van der Waals surface area contributed by atoms with Crippen molar-refractivity contribution >= 4 is 24.2 Å². The number of rotatable bonds is 6. The van der Waals surface area contributed by atoms with E-state index in [1.165, 1.54) is 0 Å². The molecule has 2 N–H and O–H groups in total. The molecule has 2 aromatic rings. The molecule has 1 aliphatic heterocycles. The number of methoxy groups -OCH3 is 1. The first kappa shape index (κ1) is 23.7.